The predicted molar refractivity (Wildman–Crippen MR) is 85.4 cm³/mol. The fraction of sp³-hybridized carbons (Fsp3) is 0.500. The Balaban J connectivity index is 2.02. The van der Waals surface area contributed by atoms with Gasteiger partial charge < -0.3 is 10.1 Å². The normalized spacial score (nSPS) is 16.2. The maximum Gasteiger partial charge on any atom is 0.328 e. The highest BCUT2D eigenvalue weighted by Gasteiger charge is 2.27. The fourth-order valence-corrected chi connectivity index (χ4v) is 2.94. The first-order chi connectivity index (χ1) is 11.1. The second-order valence-corrected chi connectivity index (χ2v) is 5.93. The molecule has 1 aromatic carbocycles. The van der Waals surface area contributed by atoms with Crippen LogP contribution in [0.15, 0.2) is 24.3 Å². The highest BCUT2D eigenvalue weighted by atomic mass is 16.5. The average Bonchev–Trinajstić information content (AvgIpc) is 2.61. The molecule has 1 amide bonds. The first-order valence-electron chi connectivity index (χ1n) is 8.01. The van der Waals surface area contributed by atoms with E-state index >= 15 is 0 Å². The van der Waals surface area contributed by atoms with Crippen molar-refractivity contribution < 1.29 is 14.3 Å². The SMILES string of the molecule is COC(=O)[C@@H](Cc1ccc(C#N)cc1)NC(=O)C1CCCCC1. The fourth-order valence-electron chi connectivity index (χ4n) is 2.94. The summed E-state index contributed by atoms with van der Waals surface area (Å²) < 4.78 is 4.81. The molecule has 1 N–H and O–H groups in total. The minimum atomic E-state index is -0.692. The Bertz CT molecular complexity index is 583. The summed E-state index contributed by atoms with van der Waals surface area (Å²) in [5.41, 5.74) is 1.44. The number of carbonyl (C=O) groups is 2. The maximum absolute atomic E-state index is 12.4. The highest BCUT2D eigenvalue weighted by molar-refractivity contribution is 5.86. The molecular formula is C18H22N2O3. The average molecular weight is 314 g/mol. The van der Waals surface area contributed by atoms with E-state index in [-0.39, 0.29) is 11.8 Å². The third-order valence-corrected chi connectivity index (χ3v) is 4.30. The van der Waals surface area contributed by atoms with Crippen molar-refractivity contribution >= 4 is 11.9 Å². The van der Waals surface area contributed by atoms with Gasteiger partial charge in [0.1, 0.15) is 6.04 Å². The van der Waals surface area contributed by atoms with E-state index in [2.05, 4.69) is 11.4 Å². The Morgan fingerprint density at radius 1 is 1.26 bits per heavy atom. The van der Waals surface area contributed by atoms with Crippen LogP contribution in [0.4, 0.5) is 0 Å². The van der Waals surface area contributed by atoms with Gasteiger partial charge >= 0.3 is 5.97 Å². The van der Waals surface area contributed by atoms with Gasteiger partial charge in [-0.3, -0.25) is 4.79 Å². The summed E-state index contributed by atoms with van der Waals surface area (Å²) >= 11 is 0. The smallest absolute Gasteiger partial charge is 0.328 e. The highest BCUT2D eigenvalue weighted by Crippen LogP contribution is 2.24. The minimum Gasteiger partial charge on any atom is -0.467 e. The second-order valence-electron chi connectivity index (χ2n) is 5.93. The van der Waals surface area contributed by atoms with Crippen molar-refractivity contribution in [2.45, 2.75) is 44.6 Å². The van der Waals surface area contributed by atoms with E-state index in [0.29, 0.717) is 12.0 Å². The van der Waals surface area contributed by atoms with Crippen LogP contribution in [0.3, 0.4) is 0 Å². The maximum atomic E-state index is 12.4. The number of esters is 1. The summed E-state index contributed by atoms with van der Waals surface area (Å²) in [4.78, 5) is 24.3. The number of ether oxygens (including phenoxy) is 1. The molecule has 0 aliphatic heterocycles. The van der Waals surface area contributed by atoms with E-state index < -0.39 is 12.0 Å². The molecule has 0 spiro atoms. The lowest BCUT2D eigenvalue weighted by Crippen LogP contribution is -2.45. The van der Waals surface area contributed by atoms with Crippen molar-refractivity contribution in [2.75, 3.05) is 7.11 Å². The van der Waals surface area contributed by atoms with Crippen LogP contribution in [-0.4, -0.2) is 25.0 Å². The number of nitrogens with zero attached hydrogens (tertiary/aromatic N) is 1. The predicted octanol–water partition coefficient (Wildman–Crippen LogP) is 2.34. The van der Waals surface area contributed by atoms with Gasteiger partial charge in [0.05, 0.1) is 18.7 Å². The number of hydrogen-bond acceptors (Lipinski definition) is 4. The van der Waals surface area contributed by atoms with E-state index in [9.17, 15) is 9.59 Å². The van der Waals surface area contributed by atoms with Crippen molar-refractivity contribution in [3.8, 4) is 6.07 Å². The summed E-state index contributed by atoms with van der Waals surface area (Å²) in [5.74, 6) is -0.510. The van der Waals surface area contributed by atoms with Crippen LogP contribution in [0.25, 0.3) is 0 Å². The van der Waals surface area contributed by atoms with E-state index in [1.54, 1.807) is 24.3 Å². The first-order valence-corrected chi connectivity index (χ1v) is 8.01. The summed E-state index contributed by atoms with van der Waals surface area (Å²) in [6.45, 7) is 0. The molecule has 1 aliphatic carbocycles. The largest absolute Gasteiger partial charge is 0.467 e. The number of nitrogens with one attached hydrogen (secondary N) is 1. The zero-order chi connectivity index (χ0) is 16.7. The molecule has 23 heavy (non-hydrogen) atoms. The summed E-state index contributed by atoms with van der Waals surface area (Å²) in [7, 11) is 1.32. The summed E-state index contributed by atoms with van der Waals surface area (Å²) in [5, 5.41) is 11.7. The topological polar surface area (TPSA) is 79.2 Å². The molecular weight excluding hydrogens is 292 g/mol. The third kappa shape index (κ3) is 4.82. The summed E-state index contributed by atoms with van der Waals surface area (Å²) in [6, 6.07) is 8.35. The number of methoxy groups -OCH3 is 1. The van der Waals surface area contributed by atoms with Crippen molar-refractivity contribution in [3.05, 3.63) is 35.4 Å². The summed E-state index contributed by atoms with van der Waals surface area (Å²) in [6.07, 6.45) is 5.44. The van der Waals surface area contributed by atoms with Crippen LogP contribution >= 0.6 is 0 Å². The van der Waals surface area contributed by atoms with Gasteiger partial charge in [-0.15, -0.1) is 0 Å². The number of amides is 1. The van der Waals surface area contributed by atoms with Crippen molar-refractivity contribution in [1.82, 2.24) is 5.32 Å². The van der Waals surface area contributed by atoms with Gasteiger partial charge in [0.25, 0.3) is 0 Å². The van der Waals surface area contributed by atoms with Gasteiger partial charge in [0.2, 0.25) is 5.91 Å². The molecule has 1 atom stereocenters. The second kappa shape index (κ2) is 8.33. The van der Waals surface area contributed by atoms with Crippen molar-refractivity contribution in [2.24, 2.45) is 5.92 Å². The number of benzene rings is 1. The molecule has 2 rings (SSSR count). The molecule has 0 aromatic heterocycles. The lowest BCUT2D eigenvalue weighted by atomic mass is 9.88. The number of carbonyl (C=O) groups excluding carboxylic acids is 2. The van der Waals surface area contributed by atoms with Crippen LogP contribution in [-0.2, 0) is 20.7 Å². The zero-order valence-electron chi connectivity index (χ0n) is 13.4. The molecule has 1 aromatic rings. The molecule has 0 radical (unpaired) electrons. The molecule has 5 nitrogen and oxygen atoms in total. The van der Waals surface area contributed by atoms with E-state index in [1.807, 2.05) is 0 Å². The lowest BCUT2D eigenvalue weighted by molar-refractivity contribution is -0.145. The van der Waals surface area contributed by atoms with Crippen LogP contribution in [0.5, 0.6) is 0 Å². The zero-order valence-corrected chi connectivity index (χ0v) is 13.4. The van der Waals surface area contributed by atoms with Gasteiger partial charge in [-0.25, -0.2) is 4.79 Å². The van der Waals surface area contributed by atoms with E-state index in [0.717, 1.165) is 31.2 Å². The number of rotatable bonds is 5. The quantitative estimate of drug-likeness (QED) is 0.846. The molecule has 122 valence electrons. The number of nitriles is 1. The van der Waals surface area contributed by atoms with Crippen molar-refractivity contribution in [3.63, 3.8) is 0 Å². The van der Waals surface area contributed by atoms with Gasteiger partial charge in [0.15, 0.2) is 0 Å². The molecule has 1 fully saturated rings. The Morgan fingerprint density at radius 3 is 2.48 bits per heavy atom. The molecule has 0 heterocycles. The third-order valence-electron chi connectivity index (χ3n) is 4.30. The minimum absolute atomic E-state index is 0.00290. The van der Waals surface area contributed by atoms with E-state index in [4.69, 9.17) is 10.00 Å². The van der Waals surface area contributed by atoms with Crippen LogP contribution in [0.2, 0.25) is 0 Å². The van der Waals surface area contributed by atoms with Gasteiger partial charge in [-0.1, -0.05) is 31.4 Å². The van der Waals surface area contributed by atoms with Crippen LogP contribution < -0.4 is 5.32 Å². The number of hydrogen-bond donors (Lipinski definition) is 1. The lowest BCUT2D eigenvalue weighted by Gasteiger charge is -2.24. The molecule has 0 saturated heterocycles. The molecule has 5 heteroatoms. The Morgan fingerprint density at radius 2 is 1.91 bits per heavy atom. The van der Waals surface area contributed by atoms with E-state index in [1.165, 1.54) is 13.5 Å². The van der Waals surface area contributed by atoms with Gasteiger partial charge in [-0.2, -0.15) is 5.26 Å². The van der Waals surface area contributed by atoms with Crippen molar-refractivity contribution in [1.29, 1.82) is 5.26 Å². The van der Waals surface area contributed by atoms with Crippen LogP contribution in [0.1, 0.15) is 43.2 Å². The Kier molecular flexibility index (Phi) is 6.16. The molecule has 0 unspecified atom stereocenters. The molecule has 1 saturated carbocycles. The monoisotopic (exact) mass is 314 g/mol. The standard InChI is InChI=1S/C18H22N2O3/c1-23-18(22)16(11-13-7-9-14(12-19)10-8-13)20-17(21)15-5-3-2-4-6-15/h7-10,15-16H,2-6,11H2,1H3,(H,20,21)/t16-/m1/s1. The first kappa shape index (κ1) is 17.0. The molecule has 1 aliphatic rings. The van der Waals surface area contributed by atoms with Gasteiger partial charge in [-0.05, 0) is 30.5 Å². The molecule has 0 bridgehead atoms. The Labute approximate surface area is 136 Å². The van der Waals surface area contributed by atoms with Crippen LogP contribution in [0, 0.1) is 17.2 Å². The van der Waals surface area contributed by atoms with Gasteiger partial charge in [0, 0.05) is 12.3 Å². The Hall–Kier alpha value is -2.35.